The Morgan fingerprint density at radius 1 is 0.739 bits per heavy atom. The summed E-state index contributed by atoms with van der Waals surface area (Å²) in [5.41, 5.74) is 5.62. The highest BCUT2D eigenvalue weighted by Crippen LogP contribution is 2.43. The first kappa shape index (κ1) is 13.6. The summed E-state index contributed by atoms with van der Waals surface area (Å²) in [6.07, 6.45) is 0. The van der Waals surface area contributed by atoms with Crippen molar-refractivity contribution in [1.29, 1.82) is 0 Å². The van der Waals surface area contributed by atoms with Crippen molar-refractivity contribution in [2.24, 2.45) is 0 Å². The highest BCUT2D eigenvalue weighted by atomic mass is 16.3. The predicted molar refractivity (Wildman–Crippen MR) is 92.5 cm³/mol. The van der Waals surface area contributed by atoms with Crippen molar-refractivity contribution in [3.63, 3.8) is 0 Å². The van der Waals surface area contributed by atoms with Crippen molar-refractivity contribution in [2.75, 3.05) is 0 Å². The van der Waals surface area contributed by atoms with Gasteiger partial charge in [0.1, 0.15) is 0 Å². The number of hydrogen-bond acceptors (Lipinski definition) is 2. The molecule has 0 aliphatic heterocycles. The second-order valence-electron chi connectivity index (χ2n) is 5.58. The highest BCUT2D eigenvalue weighted by molar-refractivity contribution is 5.97. The second kappa shape index (κ2) is 5.29. The molecule has 0 unspecified atom stereocenters. The van der Waals surface area contributed by atoms with E-state index in [1.54, 1.807) is 4.52 Å². The molecule has 2 aromatic carbocycles. The number of fused-ring (bicyclic) bond motifs is 1. The van der Waals surface area contributed by atoms with Crippen molar-refractivity contribution in [1.82, 2.24) is 9.61 Å². The molecular weight excluding hydrogens is 284 g/mol. The standard InChI is InChI=1S/C20H16N2O/c1-14-12-13-17-18(15-8-4-2-5-9-15)19(20(23)22(17)21-14)16-10-6-3-7-11-16/h2-13,23H,1H3. The third-order valence-corrected chi connectivity index (χ3v) is 4.02. The smallest absolute Gasteiger partial charge is 0.221 e. The number of nitrogens with zero attached hydrogens (tertiary/aromatic N) is 2. The van der Waals surface area contributed by atoms with Crippen LogP contribution in [-0.4, -0.2) is 14.7 Å². The first-order chi connectivity index (χ1) is 11.3. The molecular formula is C20H16N2O. The number of aromatic nitrogens is 2. The average Bonchev–Trinajstić information content (AvgIpc) is 2.89. The van der Waals surface area contributed by atoms with E-state index in [2.05, 4.69) is 17.2 Å². The minimum absolute atomic E-state index is 0.175. The largest absolute Gasteiger partial charge is 0.493 e. The zero-order valence-corrected chi connectivity index (χ0v) is 12.8. The lowest BCUT2D eigenvalue weighted by molar-refractivity contribution is 0.440. The summed E-state index contributed by atoms with van der Waals surface area (Å²) in [4.78, 5) is 0. The number of rotatable bonds is 2. The minimum atomic E-state index is 0.175. The van der Waals surface area contributed by atoms with Gasteiger partial charge in [-0.3, -0.25) is 0 Å². The number of hydrogen-bond donors (Lipinski definition) is 1. The summed E-state index contributed by atoms with van der Waals surface area (Å²) in [5.74, 6) is 0.175. The van der Waals surface area contributed by atoms with E-state index in [4.69, 9.17) is 0 Å². The molecule has 4 rings (SSSR count). The monoisotopic (exact) mass is 300 g/mol. The number of benzene rings is 2. The van der Waals surface area contributed by atoms with Crippen LogP contribution in [0.25, 0.3) is 27.8 Å². The van der Waals surface area contributed by atoms with Crippen LogP contribution in [0.1, 0.15) is 5.69 Å². The second-order valence-corrected chi connectivity index (χ2v) is 5.58. The fourth-order valence-corrected chi connectivity index (χ4v) is 2.99. The molecule has 3 nitrogen and oxygen atoms in total. The summed E-state index contributed by atoms with van der Waals surface area (Å²) in [6, 6.07) is 24.0. The Balaban J connectivity index is 2.14. The highest BCUT2D eigenvalue weighted by Gasteiger charge is 2.21. The van der Waals surface area contributed by atoms with Crippen LogP contribution in [0.2, 0.25) is 0 Å². The molecule has 23 heavy (non-hydrogen) atoms. The lowest BCUT2D eigenvalue weighted by Gasteiger charge is -2.05. The molecule has 0 saturated carbocycles. The van der Waals surface area contributed by atoms with E-state index in [1.807, 2.05) is 67.6 Å². The third-order valence-electron chi connectivity index (χ3n) is 4.02. The summed E-state index contributed by atoms with van der Waals surface area (Å²) >= 11 is 0. The van der Waals surface area contributed by atoms with Crippen LogP contribution in [0.3, 0.4) is 0 Å². The zero-order chi connectivity index (χ0) is 15.8. The Kier molecular flexibility index (Phi) is 3.12. The first-order valence-electron chi connectivity index (χ1n) is 7.58. The van der Waals surface area contributed by atoms with E-state index < -0.39 is 0 Å². The topological polar surface area (TPSA) is 37.5 Å². The Hall–Kier alpha value is -3.07. The Morgan fingerprint density at radius 3 is 1.91 bits per heavy atom. The Bertz CT molecular complexity index is 973. The molecule has 1 N–H and O–H groups in total. The molecule has 0 spiro atoms. The Morgan fingerprint density at radius 2 is 1.30 bits per heavy atom. The van der Waals surface area contributed by atoms with Gasteiger partial charge in [-0.05, 0) is 30.2 Å². The van der Waals surface area contributed by atoms with Crippen LogP contribution in [0, 0.1) is 6.92 Å². The zero-order valence-electron chi connectivity index (χ0n) is 12.8. The van der Waals surface area contributed by atoms with E-state index in [1.165, 1.54) is 0 Å². The Labute approximate surface area is 134 Å². The molecule has 0 atom stereocenters. The lowest BCUT2D eigenvalue weighted by atomic mass is 9.97. The predicted octanol–water partition coefficient (Wildman–Crippen LogP) is 4.68. The molecule has 0 bridgehead atoms. The van der Waals surface area contributed by atoms with E-state index in [0.717, 1.165) is 33.5 Å². The van der Waals surface area contributed by atoms with Gasteiger partial charge in [-0.2, -0.15) is 9.61 Å². The maximum atomic E-state index is 10.8. The summed E-state index contributed by atoms with van der Waals surface area (Å²) in [6.45, 7) is 1.92. The van der Waals surface area contributed by atoms with Gasteiger partial charge in [-0.1, -0.05) is 60.7 Å². The SMILES string of the molecule is Cc1ccc2c(-c3ccccc3)c(-c3ccccc3)c(O)n2n1. The molecule has 0 saturated heterocycles. The summed E-state index contributed by atoms with van der Waals surface area (Å²) in [7, 11) is 0. The molecule has 2 heterocycles. The van der Waals surface area contributed by atoms with Gasteiger partial charge in [0.25, 0.3) is 0 Å². The van der Waals surface area contributed by atoms with Gasteiger partial charge in [-0.15, -0.1) is 0 Å². The quantitative estimate of drug-likeness (QED) is 0.583. The van der Waals surface area contributed by atoms with Gasteiger partial charge >= 0.3 is 0 Å². The van der Waals surface area contributed by atoms with Gasteiger partial charge in [0.05, 0.1) is 16.8 Å². The molecule has 0 fully saturated rings. The average molecular weight is 300 g/mol. The minimum Gasteiger partial charge on any atom is -0.493 e. The summed E-state index contributed by atoms with van der Waals surface area (Å²) in [5, 5.41) is 15.3. The normalized spacial score (nSPS) is 11.0. The van der Waals surface area contributed by atoms with Gasteiger partial charge in [0, 0.05) is 5.56 Å². The molecule has 112 valence electrons. The molecule has 3 heteroatoms. The van der Waals surface area contributed by atoms with Gasteiger partial charge in [0.2, 0.25) is 5.88 Å². The van der Waals surface area contributed by atoms with Gasteiger partial charge in [-0.25, -0.2) is 0 Å². The maximum absolute atomic E-state index is 10.8. The maximum Gasteiger partial charge on any atom is 0.221 e. The van der Waals surface area contributed by atoms with E-state index in [-0.39, 0.29) is 5.88 Å². The van der Waals surface area contributed by atoms with Crippen molar-refractivity contribution < 1.29 is 5.11 Å². The van der Waals surface area contributed by atoms with E-state index in [0.29, 0.717) is 0 Å². The van der Waals surface area contributed by atoms with Gasteiger partial charge < -0.3 is 5.11 Å². The van der Waals surface area contributed by atoms with Crippen molar-refractivity contribution in [3.05, 3.63) is 78.5 Å². The van der Waals surface area contributed by atoms with Crippen LogP contribution < -0.4 is 0 Å². The van der Waals surface area contributed by atoms with E-state index >= 15 is 0 Å². The van der Waals surface area contributed by atoms with E-state index in [9.17, 15) is 5.11 Å². The number of aromatic hydroxyl groups is 1. The fourth-order valence-electron chi connectivity index (χ4n) is 2.99. The summed E-state index contributed by atoms with van der Waals surface area (Å²) < 4.78 is 1.62. The molecule has 4 aromatic rings. The van der Waals surface area contributed by atoms with Crippen LogP contribution in [0.5, 0.6) is 5.88 Å². The lowest BCUT2D eigenvalue weighted by Crippen LogP contribution is -1.92. The molecule has 0 radical (unpaired) electrons. The molecule has 2 aromatic heterocycles. The van der Waals surface area contributed by atoms with Crippen LogP contribution in [-0.2, 0) is 0 Å². The molecule has 0 amide bonds. The van der Waals surface area contributed by atoms with Crippen LogP contribution in [0.15, 0.2) is 72.8 Å². The fraction of sp³-hybridized carbons (Fsp3) is 0.0500. The third kappa shape index (κ3) is 2.18. The van der Waals surface area contributed by atoms with Gasteiger partial charge in [0.15, 0.2) is 0 Å². The van der Waals surface area contributed by atoms with Crippen molar-refractivity contribution >= 4 is 5.52 Å². The molecule has 0 aliphatic rings. The molecule has 0 aliphatic carbocycles. The van der Waals surface area contributed by atoms with Crippen molar-refractivity contribution in [2.45, 2.75) is 6.92 Å². The van der Waals surface area contributed by atoms with Crippen LogP contribution >= 0.6 is 0 Å². The number of aryl methyl sites for hydroxylation is 1. The van der Waals surface area contributed by atoms with Crippen molar-refractivity contribution in [3.8, 4) is 28.1 Å². The van der Waals surface area contributed by atoms with Crippen LogP contribution in [0.4, 0.5) is 0 Å². The first-order valence-corrected chi connectivity index (χ1v) is 7.58.